The van der Waals surface area contributed by atoms with Crippen molar-refractivity contribution < 1.29 is 29.3 Å². The quantitative estimate of drug-likeness (QED) is 0.00702. The number of nitrogens with two attached hydrogens (primary N) is 2. The van der Waals surface area contributed by atoms with E-state index in [0.29, 0.717) is 93.8 Å². The van der Waals surface area contributed by atoms with Gasteiger partial charge in [0.25, 0.3) is 0 Å². The lowest BCUT2D eigenvalue weighted by Gasteiger charge is -2.38. The molecule has 0 radical (unpaired) electrons. The second kappa shape index (κ2) is 30.7. The third-order valence-corrected chi connectivity index (χ3v) is 16.4. The van der Waals surface area contributed by atoms with Gasteiger partial charge in [0.05, 0.1) is 44.7 Å². The van der Waals surface area contributed by atoms with E-state index in [1.54, 1.807) is 0 Å². The van der Waals surface area contributed by atoms with Crippen LogP contribution < -0.4 is 36.9 Å². The average Bonchev–Trinajstić information content (AvgIpc) is 4.11. The van der Waals surface area contributed by atoms with Crippen LogP contribution >= 0.6 is 69.1 Å². The Bertz CT molecular complexity index is 3030. The number of likely N-dealkylation sites (tertiary alicyclic amines) is 2. The van der Waals surface area contributed by atoms with Crippen molar-refractivity contribution in [2.45, 2.75) is 82.8 Å². The summed E-state index contributed by atoms with van der Waals surface area (Å²) in [6.07, 6.45) is 7.62. The molecule has 0 saturated carbocycles. The first kappa shape index (κ1) is 61.6. The maximum atomic E-state index is 14.2. The van der Waals surface area contributed by atoms with E-state index in [1.807, 2.05) is 101 Å². The van der Waals surface area contributed by atoms with Crippen molar-refractivity contribution in [1.82, 2.24) is 30.0 Å². The zero-order valence-corrected chi connectivity index (χ0v) is 48.6. The zero-order valence-electron chi connectivity index (χ0n) is 43.9. The third kappa shape index (κ3) is 19.0. The lowest BCUT2D eigenvalue weighted by molar-refractivity contribution is -0.146. The summed E-state index contributed by atoms with van der Waals surface area (Å²) in [6, 6.07) is 26.8. The number of anilines is 2. The van der Waals surface area contributed by atoms with E-state index in [2.05, 4.69) is 35.7 Å². The van der Waals surface area contributed by atoms with Gasteiger partial charge in [-0.05, 0) is 142 Å². The summed E-state index contributed by atoms with van der Waals surface area (Å²) < 4.78 is 18.4. The lowest BCUT2D eigenvalue weighted by atomic mass is 10.0. The van der Waals surface area contributed by atoms with Crippen LogP contribution in [0, 0.1) is 10.8 Å². The van der Waals surface area contributed by atoms with Crippen molar-refractivity contribution in [3.63, 3.8) is 0 Å². The minimum atomic E-state index is -0.630. The molecule has 2 aliphatic rings. The molecule has 11 N–H and O–H groups in total. The van der Waals surface area contributed by atoms with Gasteiger partial charge in [-0.15, -0.1) is 22.7 Å². The Labute approximate surface area is 494 Å². The standard InChI is InChI=1S/C56H64Cl4N12O5S2.H2O/c57-44-15-5-36(30-46(44)59)32-70-24-19-40(20-25-70)65-50(4-3-29-76-43-13-9-39(10-14-43)49-35-79-56(67-49)69-54(63)64)77-52(74)18-17-51(73)72(41-21-26-71(27-22-41)33-37-6-16-45(58)47(60)31-37)23-1-2-28-75-42-11-7-38(8-12-42)48-34-78-55(66-48)68-53(61)62;/h5-18,30-31,34-35,40-41,50,65H,1-4,19-29,32-33H2,(H4,61,62,66,68)(H4,63,64,67,69);1H2/b18-17+;. The van der Waals surface area contributed by atoms with E-state index in [4.69, 9.17) is 82.9 Å². The van der Waals surface area contributed by atoms with Crippen molar-refractivity contribution in [3.8, 4) is 34.0 Å². The molecule has 0 bridgehead atoms. The number of rotatable bonds is 25. The molecule has 4 heterocycles. The molecule has 8 rings (SSSR count). The SMILES string of the molecule is N=C(N)Nc1nc(-c2ccc(OCCCCN(C(=O)/C=C/C(=O)OC(CCCOc3ccc(-c4csc(NC(=N)N)n4)cc3)NC3CCN(Cc4ccc(Cl)c(Cl)c4)CC3)C3CCN(Cc4ccc(Cl)c(Cl)c4)CC3)cc2)cs1.O. The molecule has 1 unspecified atom stereocenters. The van der Waals surface area contributed by atoms with Crippen molar-refractivity contribution in [2.75, 3.05) is 56.6 Å². The first-order valence-electron chi connectivity index (χ1n) is 26.1. The van der Waals surface area contributed by atoms with E-state index < -0.39 is 12.2 Å². The number of benzene rings is 4. The number of ether oxygens (including phenoxy) is 3. The summed E-state index contributed by atoms with van der Waals surface area (Å²) in [5.41, 5.74) is 16.4. The van der Waals surface area contributed by atoms with Crippen LogP contribution in [-0.4, -0.2) is 118 Å². The van der Waals surface area contributed by atoms with E-state index in [-0.39, 0.29) is 35.4 Å². The molecule has 2 aliphatic heterocycles. The summed E-state index contributed by atoms with van der Waals surface area (Å²) in [6.45, 7) is 6.01. The van der Waals surface area contributed by atoms with Crippen LogP contribution in [0.4, 0.5) is 10.3 Å². The molecule has 18 nitrogen and oxygen atoms in total. The van der Waals surface area contributed by atoms with E-state index >= 15 is 0 Å². The van der Waals surface area contributed by atoms with Gasteiger partial charge < -0.3 is 46.7 Å². The largest absolute Gasteiger partial charge is 0.494 e. The van der Waals surface area contributed by atoms with Crippen molar-refractivity contribution in [2.24, 2.45) is 11.5 Å². The molecule has 0 spiro atoms. The van der Waals surface area contributed by atoms with Crippen molar-refractivity contribution in [1.29, 1.82) is 10.8 Å². The minimum Gasteiger partial charge on any atom is -0.494 e. The molecule has 24 heteroatoms. The van der Waals surface area contributed by atoms with Gasteiger partial charge >= 0.3 is 5.97 Å². The fraction of sp³-hybridized carbons (Fsp3) is 0.357. The van der Waals surface area contributed by atoms with Crippen LogP contribution in [0.15, 0.2) is 108 Å². The number of esters is 1. The summed E-state index contributed by atoms with van der Waals surface area (Å²) in [5.74, 6) is 0.205. The molecule has 6 aromatic rings. The fourth-order valence-electron chi connectivity index (χ4n) is 9.40. The summed E-state index contributed by atoms with van der Waals surface area (Å²) in [5, 5.41) is 31.0. The molecule has 426 valence electrons. The first-order chi connectivity index (χ1) is 38.2. The first-order valence-corrected chi connectivity index (χ1v) is 29.3. The Kier molecular flexibility index (Phi) is 23.6. The molecule has 1 amide bonds. The number of amides is 1. The number of carbonyl (C=O) groups is 2. The van der Waals surface area contributed by atoms with Crippen LogP contribution in [-0.2, 0) is 27.4 Å². The molecular weight excluding hydrogens is 1140 g/mol. The van der Waals surface area contributed by atoms with Crippen LogP contribution in [0.5, 0.6) is 11.5 Å². The number of thiazole rings is 2. The maximum absolute atomic E-state index is 14.2. The Morgan fingerprint density at radius 1 is 0.675 bits per heavy atom. The van der Waals surface area contributed by atoms with Gasteiger partial charge in [0.2, 0.25) is 5.91 Å². The topological polar surface area (TPSA) is 265 Å². The number of unbranched alkanes of at least 4 members (excludes halogenated alkanes) is 1. The number of nitrogens with zero attached hydrogens (tertiary/aromatic N) is 5. The zero-order chi connectivity index (χ0) is 55.7. The second-order valence-electron chi connectivity index (χ2n) is 19.3. The normalized spacial score (nSPS) is 14.8. The Balaban J connectivity index is 0.00000924. The highest BCUT2D eigenvalue weighted by molar-refractivity contribution is 7.14. The van der Waals surface area contributed by atoms with Crippen molar-refractivity contribution in [3.05, 3.63) is 139 Å². The van der Waals surface area contributed by atoms with Crippen LogP contribution in [0.2, 0.25) is 20.1 Å². The molecule has 1 atom stereocenters. The number of aromatic nitrogens is 2. The summed E-state index contributed by atoms with van der Waals surface area (Å²) >= 11 is 27.7. The Hall–Kier alpha value is -6.04. The van der Waals surface area contributed by atoms with Gasteiger partial charge in [-0.2, -0.15) is 0 Å². The van der Waals surface area contributed by atoms with Gasteiger partial charge in [0.1, 0.15) is 11.5 Å². The minimum absolute atomic E-state index is 0. The predicted molar refractivity (Wildman–Crippen MR) is 323 cm³/mol. The molecular formula is C56H66Cl4N12O6S2. The number of piperidine rings is 2. The lowest BCUT2D eigenvalue weighted by Crippen LogP contribution is -2.47. The van der Waals surface area contributed by atoms with Gasteiger partial charge in [0, 0.05) is 85.3 Å². The third-order valence-electron chi connectivity index (χ3n) is 13.4. The molecule has 2 saturated heterocycles. The van der Waals surface area contributed by atoms with E-state index in [9.17, 15) is 9.59 Å². The summed E-state index contributed by atoms with van der Waals surface area (Å²) in [7, 11) is 0. The summed E-state index contributed by atoms with van der Waals surface area (Å²) in [4.78, 5) is 43.6. The molecule has 80 heavy (non-hydrogen) atoms. The molecule has 2 aromatic heterocycles. The number of hydrogen-bond donors (Lipinski definition) is 7. The number of guanidine groups is 2. The van der Waals surface area contributed by atoms with Crippen LogP contribution in [0.25, 0.3) is 22.5 Å². The molecule has 2 fully saturated rings. The highest BCUT2D eigenvalue weighted by atomic mass is 35.5. The smallest absolute Gasteiger partial charge is 0.332 e. The Morgan fingerprint density at radius 3 is 1.65 bits per heavy atom. The molecule has 4 aromatic carbocycles. The van der Waals surface area contributed by atoms with Crippen LogP contribution in [0.3, 0.4) is 0 Å². The second-order valence-corrected chi connectivity index (χ2v) is 22.6. The van der Waals surface area contributed by atoms with Gasteiger partial charge in [-0.3, -0.25) is 30.7 Å². The fourth-order valence-corrected chi connectivity index (χ4v) is 11.5. The van der Waals surface area contributed by atoms with Gasteiger partial charge in [-0.25, -0.2) is 14.8 Å². The highest BCUT2D eigenvalue weighted by Crippen LogP contribution is 2.30. The van der Waals surface area contributed by atoms with E-state index in [1.165, 1.54) is 34.8 Å². The van der Waals surface area contributed by atoms with Gasteiger partial charge in [0.15, 0.2) is 28.4 Å². The van der Waals surface area contributed by atoms with Crippen molar-refractivity contribution >= 4 is 103 Å². The molecule has 0 aliphatic carbocycles. The van der Waals surface area contributed by atoms with Gasteiger partial charge in [-0.1, -0.05) is 58.5 Å². The average molecular weight is 1210 g/mol. The maximum Gasteiger partial charge on any atom is 0.332 e. The monoisotopic (exact) mass is 1210 g/mol. The van der Waals surface area contributed by atoms with E-state index in [0.717, 1.165) is 92.0 Å². The number of hydrogen-bond acceptors (Lipinski definition) is 14. The number of nitrogens with one attached hydrogen (secondary N) is 5. The number of halogens is 4. The Morgan fingerprint density at radius 2 is 1.16 bits per heavy atom. The highest BCUT2D eigenvalue weighted by Gasteiger charge is 2.28. The van der Waals surface area contributed by atoms with Crippen LogP contribution in [0.1, 0.15) is 62.5 Å². The predicted octanol–water partition coefficient (Wildman–Crippen LogP) is 10.5. The number of carbonyl (C=O) groups excluding carboxylic acids is 2.